The highest BCUT2D eigenvalue weighted by atomic mass is 16.3. The molecule has 1 unspecified atom stereocenters. The van der Waals surface area contributed by atoms with Crippen molar-refractivity contribution < 1.29 is 14.7 Å². The Balaban J connectivity index is 1.66. The highest BCUT2D eigenvalue weighted by molar-refractivity contribution is 6.02. The van der Waals surface area contributed by atoms with Crippen LogP contribution in [0.3, 0.4) is 0 Å². The molecule has 1 saturated heterocycles. The first-order valence-electron chi connectivity index (χ1n) is 7.53. The first kappa shape index (κ1) is 15.2. The van der Waals surface area contributed by atoms with Crippen molar-refractivity contribution >= 4 is 17.5 Å². The maximum absolute atomic E-state index is 12.5. The summed E-state index contributed by atoms with van der Waals surface area (Å²) in [6, 6.07) is 17.9. The Bertz CT molecular complexity index is 703. The Morgan fingerprint density at radius 3 is 2.35 bits per heavy atom. The minimum Gasteiger partial charge on any atom is -0.378 e. The average Bonchev–Trinajstić information content (AvgIpc) is 2.90. The summed E-state index contributed by atoms with van der Waals surface area (Å²) in [5.41, 5.74) is -0.301. The van der Waals surface area contributed by atoms with Gasteiger partial charge in [0.2, 0.25) is 0 Å². The SMILES string of the molecule is O=C(NCC1(O)CCN(c2ccccc2)C1=O)c1ccccc1. The third kappa shape index (κ3) is 3.10. The average molecular weight is 310 g/mol. The molecule has 0 bridgehead atoms. The summed E-state index contributed by atoms with van der Waals surface area (Å²) in [5, 5.41) is 13.2. The van der Waals surface area contributed by atoms with E-state index >= 15 is 0 Å². The molecule has 2 aromatic rings. The molecule has 1 heterocycles. The van der Waals surface area contributed by atoms with Gasteiger partial charge in [-0.1, -0.05) is 36.4 Å². The molecule has 2 aromatic carbocycles. The lowest BCUT2D eigenvalue weighted by Gasteiger charge is -2.22. The lowest BCUT2D eigenvalue weighted by molar-refractivity contribution is -0.132. The van der Waals surface area contributed by atoms with Gasteiger partial charge in [0.1, 0.15) is 0 Å². The molecule has 1 aliphatic heterocycles. The number of hydrogen-bond acceptors (Lipinski definition) is 3. The summed E-state index contributed by atoms with van der Waals surface area (Å²) < 4.78 is 0. The van der Waals surface area contributed by atoms with Crippen molar-refractivity contribution in [2.24, 2.45) is 0 Å². The van der Waals surface area contributed by atoms with Crippen LogP contribution >= 0.6 is 0 Å². The van der Waals surface area contributed by atoms with E-state index in [0.29, 0.717) is 12.1 Å². The number of anilines is 1. The normalized spacial score (nSPS) is 20.6. The molecule has 0 aromatic heterocycles. The van der Waals surface area contributed by atoms with Crippen LogP contribution in [0.25, 0.3) is 0 Å². The highest BCUT2D eigenvalue weighted by Gasteiger charge is 2.45. The maximum atomic E-state index is 12.5. The molecule has 0 aliphatic carbocycles. The zero-order chi connectivity index (χ0) is 16.3. The number of nitrogens with one attached hydrogen (secondary N) is 1. The molecule has 0 saturated carbocycles. The zero-order valence-electron chi connectivity index (χ0n) is 12.6. The van der Waals surface area contributed by atoms with Crippen molar-refractivity contribution in [2.45, 2.75) is 12.0 Å². The Morgan fingerprint density at radius 2 is 1.70 bits per heavy atom. The number of carbonyl (C=O) groups is 2. The molecule has 0 spiro atoms. The molecule has 1 aliphatic rings. The van der Waals surface area contributed by atoms with E-state index in [9.17, 15) is 14.7 Å². The molecule has 5 nitrogen and oxygen atoms in total. The van der Waals surface area contributed by atoms with Crippen molar-refractivity contribution in [3.8, 4) is 0 Å². The third-order valence-corrected chi connectivity index (χ3v) is 4.04. The zero-order valence-corrected chi connectivity index (χ0v) is 12.6. The van der Waals surface area contributed by atoms with Crippen LogP contribution in [-0.2, 0) is 4.79 Å². The quantitative estimate of drug-likeness (QED) is 0.901. The van der Waals surface area contributed by atoms with Gasteiger partial charge < -0.3 is 15.3 Å². The molecule has 2 amide bonds. The van der Waals surface area contributed by atoms with Crippen LogP contribution in [-0.4, -0.2) is 35.6 Å². The van der Waals surface area contributed by atoms with E-state index in [2.05, 4.69) is 5.32 Å². The van der Waals surface area contributed by atoms with Crippen LogP contribution in [0.15, 0.2) is 60.7 Å². The number of amides is 2. The summed E-state index contributed by atoms with van der Waals surface area (Å²) in [4.78, 5) is 26.1. The standard InChI is InChI=1S/C18H18N2O3/c21-16(14-7-3-1-4-8-14)19-13-18(23)11-12-20(17(18)22)15-9-5-2-6-10-15/h1-10,23H,11-13H2,(H,19,21). The second-order valence-corrected chi connectivity index (χ2v) is 5.62. The summed E-state index contributed by atoms with van der Waals surface area (Å²) in [6.07, 6.45) is 0.287. The number of rotatable bonds is 4. The molecule has 118 valence electrons. The summed E-state index contributed by atoms with van der Waals surface area (Å²) in [5.74, 6) is -0.679. The highest BCUT2D eigenvalue weighted by Crippen LogP contribution is 2.27. The van der Waals surface area contributed by atoms with Crippen molar-refractivity contribution in [1.29, 1.82) is 0 Å². The van der Waals surface area contributed by atoms with Crippen LogP contribution in [0.4, 0.5) is 5.69 Å². The minimum atomic E-state index is -1.56. The second-order valence-electron chi connectivity index (χ2n) is 5.62. The Morgan fingerprint density at radius 1 is 1.09 bits per heavy atom. The van der Waals surface area contributed by atoms with Gasteiger partial charge in [0.25, 0.3) is 11.8 Å². The van der Waals surface area contributed by atoms with Crippen molar-refractivity contribution in [2.75, 3.05) is 18.0 Å². The van der Waals surface area contributed by atoms with Crippen LogP contribution in [0.2, 0.25) is 0 Å². The molecule has 5 heteroatoms. The lowest BCUT2D eigenvalue weighted by atomic mass is 10.0. The predicted molar refractivity (Wildman–Crippen MR) is 87.1 cm³/mol. The number of hydrogen-bond donors (Lipinski definition) is 2. The van der Waals surface area contributed by atoms with Gasteiger partial charge in [0.05, 0.1) is 6.54 Å². The van der Waals surface area contributed by atoms with Crippen LogP contribution in [0.1, 0.15) is 16.8 Å². The number of benzene rings is 2. The molecule has 1 fully saturated rings. The molecule has 2 N–H and O–H groups in total. The molecular formula is C18H18N2O3. The van der Waals surface area contributed by atoms with Gasteiger partial charge in [-0.05, 0) is 24.3 Å². The first-order chi connectivity index (χ1) is 11.1. The summed E-state index contributed by atoms with van der Waals surface area (Å²) in [7, 11) is 0. The van der Waals surface area contributed by atoms with Gasteiger partial charge in [0.15, 0.2) is 5.60 Å². The Hall–Kier alpha value is -2.66. The Kier molecular flexibility index (Phi) is 4.12. The van der Waals surface area contributed by atoms with E-state index in [1.165, 1.54) is 0 Å². The van der Waals surface area contributed by atoms with Gasteiger partial charge in [-0.3, -0.25) is 9.59 Å². The van der Waals surface area contributed by atoms with Crippen molar-refractivity contribution in [1.82, 2.24) is 5.32 Å². The van der Waals surface area contributed by atoms with Gasteiger partial charge in [-0.25, -0.2) is 0 Å². The third-order valence-electron chi connectivity index (χ3n) is 4.04. The van der Waals surface area contributed by atoms with Gasteiger partial charge in [0, 0.05) is 24.2 Å². The Labute approximate surface area is 134 Å². The lowest BCUT2D eigenvalue weighted by Crippen LogP contribution is -2.49. The number of para-hydroxylation sites is 1. The van der Waals surface area contributed by atoms with E-state index in [4.69, 9.17) is 0 Å². The van der Waals surface area contributed by atoms with E-state index < -0.39 is 5.60 Å². The molecule has 1 atom stereocenters. The van der Waals surface area contributed by atoms with E-state index in [1.807, 2.05) is 36.4 Å². The largest absolute Gasteiger partial charge is 0.378 e. The van der Waals surface area contributed by atoms with Crippen molar-refractivity contribution in [3.63, 3.8) is 0 Å². The van der Waals surface area contributed by atoms with Gasteiger partial charge in [-0.2, -0.15) is 0 Å². The van der Waals surface area contributed by atoms with Crippen LogP contribution in [0.5, 0.6) is 0 Å². The fourth-order valence-electron chi connectivity index (χ4n) is 2.69. The van der Waals surface area contributed by atoms with Crippen LogP contribution < -0.4 is 10.2 Å². The van der Waals surface area contributed by atoms with Gasteiger partial charge in [-0.15, -0.1) is 0 Å². The minimum absolute atomic E-state index is 0.0944. The molecule has 0 radical (unpaired) electrons. The fourth-order valence-corrected chi connectivity index (χ4v) is 2.69. The molecule has 23 heavy (non-hydrogen) atoms. The first-order valence-corrected chi connectivity index (χ1v) is 7.53. The van der Waals surface area contributed by atoms with E-state index in [0.717, 1.165) is 5.69 Å². The smallest absolute Gasteiger partial charge is 0.260 e. The van der Waals surface area contributed by atoms with E-state index in [1.54, 1.807) is 29.2 Å². The van der Waals surface area contributed by atoms with E-state index in [-0.39, 0.29) is 24.8 Å². The molecular weight excluding hydrogens is 292 g/mol. The van der Waals surface area contributed by atoms with Gasteiger partial charge >= 0.3 is 0 Å². The number of nitrogens with zero attached hydrogens (tertiary/aromatic N) is 1. The fraction of sp³-hybridized carbons (Fsp3) is 0.222. The molecule has 3 rings (SSSR count). The topological polar surface area (TPSA) is 69.6 Å². The number of carbonyl (C=O) groups excluding carboxylic acids is 2. The second kappa shape index (κ2) is 6.22. The van der Waals surface area contributed by atoms with Crippen molar-refractivity contribution in [3.05, 3.63) is 66.2 Å². The maximum Gasteiger partial charge on any atom is 0.260 e. The van der Waals surface area contributed by atoms with Crippen LogP contribution in [0, 0.1) is 0 Å². The summed E-state index contributed by atoms with van der Waals surface area (Å²) >= 11 is 0. The summed E-state index contributed by atoms with van der Waals surface area (Å²) in [6.45, 7) is 0.337. The monoisotopic (exact) mass is 310 g/mol. The number of aliphatic hydroxyl groups is 1. The predicted octanol–water partition coefficient (Wildman–Crippen LogP) is 1.58.